The molecular weight excluding hydrogens is 214 g/mol. The lowest BCUT2D eigenvalue weighted by molar-refractivity contribution is 0.157. The first-order chi connectivity index (χ1) is 7.14. The molecule has 0 heterocycles. The third-order valence-electron chi connectivity index (χ3n) is 2.85. The second-order valence-electron chi connectivity index (χ2n) is 4.39. The molecule has 1 unspecified atom stereocenters. The van der Waals surface area contributed by atoms with Gasteiger partial charge < -0.3 is 4.52 Å². The zero-order chi connectivity index (χ0) is 11.1. The van der Waals surface area contributed by atoms with Gasteiger partial charge >= 0.3 is 7.68 Å². The predicted octanol–water partition coefficient (Wildman–Crippen LogP) is 4.69. The molecule has 0 aliphatic heterocycles. The molecule has 1 atom stereocenters. The van der Waals surface area contributed by atoms with Crippen LogP contribution in [0.1, 0.15) is 58.3 Å². The Labute approximate surface area is 92.2 Å². The van der Waals surface area contributed by atoms with E-state index in [1.54, 1.807) is 0 Å². The van der Waals surface area contributed by atoms with Gasteiger partial charge in [-0.2, -0.15) is 4.20 Å². The minimum absolute atomic E-state index is 0.0729. The molecule has 1 fully saturated rings. The van der Waals surface area contributed by atoms with Crippen LogP contribution in [0, 0.1) is 0 Å². The summed E-state index contributed by atoms with van der Waals surface area (Å²) in [5.74, 6) is 0. The first-order valence-electron chi connectivity index (χ1n) is 6.11. The van der Waals surface area contributed by atoms with Gasteiger partial charge in [-0.3, -0.25) is 4.57 Å². The Hall–Kier alpha value is 0.120. The molecule has 0 aromatic carbocycles. The van der Waals surface area contributed by atoms with Crippen LogP contribution in [-0.2, 0) is 9.09 Å². The molecule has 0 bridgehead atoms. The molecule has 15 heavy (non-hydrogen) atoms. The van der Waals surface area contributed by atoms with Gasteiger partial charge in [0.05, 0.1) is 12.3 Å². The Morgan fingerprint density at radius 1 is 1.20 bits per heavy atom. The number of hydrogen-bond acceptors (Lipinski definition) is 2. The van der Waals surface area contributed by atoms with Crippen LogP contribution in [0.15, 0.2) is 0 Å². The van der Waals surface area contributed by atoms with Gasteiger partial charge in [-0.15, -0.1) is 0 Å². The molecule has 0 aromatic rings. The minimum atomic E-state index is -3.79. The van der Waals surface area contributed by atoms with Crippen molar-refractivity contribution in [1.29, 1.82) is 0 Å². The van der Waals surface area contributed by atoms with Crippen molar-refractivity contribution in [3.63, 3.8) is 0 Å². The highest BCUT2D eigenvalue weighted by Gasteiger charge is 2.26. The molecular formula is C11H22FO2P. The maximum atomic E-state index is 13.4. The molecule has 90 valence electrons. The molecule has 1 aliphatic rings. The molecule has 0 aromatic heterocycles. The highest BCUT2D eigenvalue weighted by atomic mass is 31.2. The zero-order valence-corrected chi connectivity index (χ0v) is 10.5. The standard InChI is InChI=1S/C11H22FO2P/c1-2-10-15(12,13)14-11-8-6-4-3-5-7-9-11/h11H,2-10H2,1H3. The van der Waals surface area contributed by atoms with Crippen molar-refractivity contribution < 1.29 is 13.3 Å². The van der Waals surface area contributed by atoms with Crippen molar-refractivity contribution in [1.82, 2.24) is 0 Å². The van der Waals surface area contributed by atoms with Crippen molar-refractivity contribution in [2.45, 2.75) is 64.4 Å². The molecule has 0 radical (unpaired) electrons. The second-order valence-corrected chi connectivity index (χ2v) is 6.22. The van der Waals surface area contributed by atoms with Gasteiger partial charge in [-0.25, -0.2) is 0 Å². The number of rotatable bonds is 4. The summed E-state index contributed by atoms with van der Waals surface area (Å²) in [5, 5.41) is 0. The number of halogens is 1. The van der Waals surface area contributed by atoms with E-state index in [0.717, 1.165) is 25.7 Å². The van der Waals surface area contributed by atoms with E-state index in [1.165, 1.54) is 19.3 Å². The third-order valence-corrected chi connectivity index (χ3v) is 4.44. The van der Waals surface area contributed by atoms with Crippen molar-refractivity contribution in [3.8, 4) is 0 Å². The highest BCUT2D eigenvalue weighted by molar-refractivity contribution is 7.53. The Morgan fingerprint density at radius 3 is 2.27 bits per heavy atom. The van der Waals surface area contributed by atoms with E-state index in [0.29, 0.717) is 6.42 Å². The lowest BCUT2D eigenvalue weighted by Gasteiger charge is -2.21. The second kappa shape index (κ2) is 6.65. The van der Waals surface area contributed by atoms with Crippen LogP contribution in [0.25, 0.3) is 0 Å². The van der Waals surface area contributed by atoms with E-state index in [4.69, 9.17) is 4.52 Å². The summed E-state index contributed by atoms with van der Waals surface area (Å²) in [6.45, 7) is 1.83. The van der Waals surface area contributed by atoms with Crippen molar-refractivity contribution in [3.05, 3.63) is 0 Å². The minimum Gasteiger partial charge on any atom is -0.302 e. The maximum Gasteiger partial charge on any atom is 0.367 e. The van der Waals surface area contributed by atoms with Crippen LogP contribution in [0.4, 0.5) is 4.20 Å². The quantitative estimate of drug-likeness (QED) is 0.662. The normalized spacial score (nSPS) is 24.1. The fourth-order valence-corrected chi connectivity index (χ4v) is 3.36. The van der Waals surface area contributed by atoms with Gasteiger partial charge in [0.1, 0.15) is 0 Å². The largest absolute Gasteiger partial charge is 0.367 e. The van der Waals surface area contributed by atoms with Gasteiger partial charge in [0.25, 0.3) is 0 Å². The van der Waals surface area contributed by atoms with E-state index in [-0.39, 0.29) is 12.3 Å². The van der Waals surface area contributed by atoms with Crippen molar-refractivity contribution in [2.75, 3.05) is 6.16 Å². The summed E-state index contributed by atoms with van der Waals surface area (Å²) in [6, 6.07) is 0. The maximum absolute atomic E-state index is 13.4. The summed E-state index contributed by atoms with van der Waals surface area (Å²) in [5.41, 5.74) is 0. The third kappa shape index (κ3) is 5.67. The smallest absolute Gasteiger partial charge is 0.302 e. The van der Waals surface area contributed by atoms with Crippen molar-refractivity contribution >= 4 is 7.68 Å². The Balaban J connectivity index is 2.37. The van der Waals surface area contributed by atoms with E-state index in [9.17, 15) is 8.76 Å². The molecule has 0 saturated heterocycles. The fraction of sp³-hybridized carbons (Fsp3) is 1.00. The van der Waals surface area contributed by atoms with E-state index in [1.807, 2.05) is 6.92 Å². The molecule has 4 heteroatoms. The van der Waals surface area contributed by atoms with Gasteiger partial charge in [0.2, 0.25) is 0 Å². The van der Waals surface area contributed by atoms with Crippen LogP contribution in [0.3, 0.4) is 0 Å². The van der Waals surface area contributed by atoms with Crippen LogP contribution < -0.4 is 0 Å². The van der Waals surface area contributed by atoms with E-state index in [2.05, 4.69) is 0 Å². The lowest BCUT2D eigenvalue weighted by atomic mass is 9.99. The van der Waals surface area contributed by atoms with Gasteiger partial charge in [-0.1, -0.05) is 39.0 Å². The Bertz CT molecular complexity index is 213. The molecule has 0 spiro atoms. The zero-order valence-electron chi connectivity index (χ0n) is 9.58. The highest BCUT2D eigenvalue weighted by Crippen LogP contribution is 2.51. The SMILES string of the molecule is CCCP(=O)(F)OC1CCCCCCC1. The van der Waals surface area contributed by atoms with Gasteiger partial charge in [0.15, 0.2) is 0 Å². The monoisotopic (exact) mass is 236 g/mol. The van der Waals surface area contributed by atoms with Gasteiger partial charge in [-0.05, 0) is 19.3 Å². The lowest BCUT2D eigenvalue weighted by Crippen LogP contribution is -2.13. The summed E-state index contributed by atoms with van der Waals surface area (Å²) in [7, 11) is -3.79. The first-order valence-corrected chi connectivity index (χ1v) is 7.81. The molecule has 2 nitrogen and oxygen atoms in total. The van der Waals surface area contributed by atoms with Gasteiger partial charge in [0, 0.05) is 0 Å². The molecule has 1 aliphatic carbocycles. The average Bonchev–Trinajstić information content (AvgIpc) is 2.09. The van der Waals surface area contributed by atoms with Crippen LogP contribution >= 0.6 is 7.68 Å². The molecule has 0 N–H and O–H groups in total. The van der Waals surface area contributed by atoms with E-state index < -0.39 is 7.68 Å². The first kappa shape index (κ1) is 13.2. The molecule has 1 saturated carbocycles. The van der Waals surface area contributed by atoms with E-state index >= 15 is 0 Å². The van der Waals surface area contributed by atoms with Crippen LogP contribution in [-0.4, -0.2) is 12.3 Å². The summed E-state index contributed by atoms with van der Waals surface area (Å²) in [4.78, 5) is 0. The Kier molecular flexibility index (Phi) is 5.84. The summed E-state index contributed by atoms with van der Waals surface area (Å²) >= 11 is 0. The predicted molar refractivity (Wildman–Crippen MR) is 61.1 cm³/mol. The fourth-order valence-electron chi connectivity index (χ4n) is 2.07. The number of hydrogen-bond donors (Lipinski definition) is 0. The summed E-state index contributed by atoms with van der Waals surface area (Å²) in [6.07, 6.45) is 8.13. The van der Waals surface area contributed by atoms with Crippen LogP contribution in [0.2, 0.25) is 0 Å². The van der Waals surface area contributed by atoms with Crippen LogP contribution in [0.5, 0.6) is 0 Å². The molecule has 0 amide bonds. The van der Waals surface area contributed by atoms with Crippen molar-refractivity contribution in [2.24, 2.45) is 0 Å². The topological polar surface area (TPSA) is 26.3 Å². The summed E-state index contributed by atoms with van der Waals surface area (Å²) < 4.78 is 30.0. The average molecular weight is 236 g/mol. The molecule has 1 rings (SSSR count). The Morgan fingerprint density at radius 2 is 1.73 bits per heavy atom.